The summed E-state index contributed by atoms with van der Waals surface area (Å²) < 4.78 is 23.1. The van der Waals surface area contributed by atoms with Crippen molar-refractivity contribution in [3.8, 4) is 6.01 Å². The second-order valence-electron chi connectivity index (χ2n) is 4.21. The Labute approximate surface area is 110 Å². The van der Waals surface area contributed by atoms with Crippen LogP contribution in [-0.2, 0) is 4.74 Å². The summed E-state index contributed by atoms with van der Waals surface area (Å²) in [4.78, 5) is 20.7. The first-order valence-corrected chi connectivity index (χ1v) is 6.25. The van der Waals surface area contributed by atoms with Gasteiger partial charge in [-0.15, -0.1) is 0 Å². The average molecular weight is 269 g/mol. The molecule has 1 amide bonds. The van der Waals surface area contributed by atoms with Gasteiger partial charge in [0.05, 0.1) is 25.5 Å². The molecule has 1 fully saturated rings. The molecule has 7 heteroatoms. The van der Waals surface area contributed by atoms with Gasteiger partial charge in [0.2, 0.25) is 0 Å². The maximum absolute atomic E-state index is 12.7. The van der Waals surface area contributed by atoms with Crippen molar-refractivity contribution in [2.75, 3.05) is 19.7 Å². The topological polar surface area (TPSA) is 64.5 Å². The predicted octanol–water partition coefficient (Wildman–Crippen LogP) is 1.62. The zero-order valence-electron chi connectivity index (χ0n) is 10.7. The molecule has 0 aromatic carbocycles. The third-order valence-electron chi connectivity index (χ3n) is 2.77. The Hall–Kier alpha value is -1.92. The molecule has 0 radical (unpaired) electrons. The van der Waals surface area contributed by atoms with Gasteiger partial charge in [0, 0.05) is 6.54 Å². The molecular weight excluding hydrogens is 253 g/mol. The smallest absolute Gasteiger partial charge is 0.409 e. The third kappa shape index (κ3) is 3.77. The van der Waals surface area contributed by atoms with Crippen molar-refractivity contribution in [1.29, 1.82) is 0 Å². The maximum atomic E-state index is 12.7. The Morgan fingerprint density at radius 1 is 1.53 bits per heavy atom. The second kappa shape index (κ2) is 6.31. The van der Waals surface area contributed by atoms with Crippen LogP contribution in [0.15, 0.2) is 12.4 Å². The van der Waals surface area contributed by atoms with Crippen molar-refractivity contribution in [1.82, 2.24) is 14.9 Å². The summed E-state index contributed by atoms with van der Waals surface area (Å²) >= 11 is 0. The van der Waals surface area contributed by atoms with Crippen molar-refractivity contribution >= 4 is 6.09 Å². The van der Waals surface area contributed by atoms with E-state index in [1.807, 2.05) is 0 Å². The quantitative estimate of drug-likeness (QED) is 0.834. The maximum Gasteiger partial charge on any atom is 0.409 e. The lowest BCUT2D eigenvalue weighted by Crippen LogP contribution is -2.44. The van der Waals surface area contributed by atoms with Gasteiger partial charge in [-0.25, -0.2) is 19.2 Å². The molecule has 104 valence electrons. The van der Waals surface area contributed by atoms with Gasteiger partial charge in [0.1, 0.15) is 6.10 Å². The first kappa shape index (κ1) is 13.5. The van der Waals surface area contributed by atoms with Gasteiger partial charge in [-0.1, -0.05) is 0 Å². The number of aromatic nitrogens is 2. The van der Waals surface area contributed by atoms with Crippen molar-refractivity contribution < 1.29 is 18.7 Å². The lowest BCUT2D eigenvalue weighted by atomic mass is 10.1. The number of likely N-dealkylation sites (tertiary alicyclic amines) is 1. The van der Waals surface area contributed by atoms with E-state index in [0.29, 0.717) is 19.7 Å². The molecule has 1 aromatic rings. The monoisotopic (exact) mass is 269 g/mol. The predicted molar refractivity (Wildman–Crippen MR) is 64.2 cm³/mol. The number of rotatable bonds is 3. The molecule has 1 aliphatic rings. The van der Waals surface area contributed by atoms with Gasteiger partial charge in [-0.2, -0.15) is 0 Å². The molecule has 6 nitrogen and oxygen atoms in total. The van der Waals surface area contributed by atoms with Crippen LogP contribution in [0.2, 0.25) is 0 Å². The number of ether oxygens (including phenoxy) is 2. The summed E-state index contributed by atoms with van der Waals surface area (Å²) in [7, 11) is 0. The van der Waals surface area contributed by atoms with E-state index in [0.717, 1.165) is 25.2 Å². The molecule has 0 N–H and O–H groups in total. The van der Waals surface area contributed by atoms with Crippen molar-refractivity contribution in [3.63, 3.8) is 0 Å². The number of carbonyl (C=O) groups excluding carboxylic acids is 1. The molecule has 0 saturated carbocycles. The Morgan fingerprint density at radius 2 is 2.26 bits per heavy atom. The summed E-state index contributed by atoms with van der Waals surface area (Å²) in [6.07, 6.45) is 3.20. The van der Waals surface area contributed by atoms with E-state index in [2.05, 4.69) is 9.97 Å². The highest BCUT2D eigenvalue weighted by molar-refractivity contribution is 5.67. The van der Waals surface area contributed by atoms with Crippen LogP contribution in [-0.4, -0.2) is 46.8 Å². The standard InChI is InChI=1S/C12H16FN3O3/c1-2-18-12(17)16-5-3-4-10(8-16)19-11-14-6-9(13)7-15-11/h6-7,10H,2-5,8H2,1H3. The van der Waals surface area contributed by atoms with Crippen LogP contribution in [0.1, 0.15) is 19.8 Å². The van der Waals surface area contributed by atoms with Crippen molar-refractivity contribution in [2.45, 2.75) is 25.9 Å². The summed E-state index contributed by atoms with van der Waals surface area (Å²) in [6.45, 7) is 3.20. The van der Waals surface area contributed by atoms with E-state index in [1.54, 1.807) is 11.8 Å². The minimum absolute atomic E-state index is 0.122. The van der Waals surface area contributed by atoms with Gasteiger partial charge >= 0.3 is 12.1 Å². The Morgan fingerprint density at radius 3 is 2.95 bits per heavy atom. The summed E-state index contributed by atoms with van der Waals surface area (Å²) in [5.74, 6) is -0.510. The van der Waals surface area contributed by atoms with Gasteiger partial charge in [0.15, 0.2) is 5.82 Å². The van der Waals surface area contributed by atoms with Crippen LogP contribution < -0.4 is 4.74 Å². The zero-order valence-corrected chi connectivity index (χ0v) is 10.7. The highest BCUT2D eigenvalue weighted by Crippen LogP contribution is 2.16. The molecule has 1 aromatic heterocycles. The minimum atomic E-state index is -0.510. The Balaban J connectivity index is 1.90. The minimum Gasteiger partial charge on any atom is -0.458 e. The van der Waals surface area contributed by atoms with E-state index in [4.69, 9.17) is 9.47 Å². The fourth-order valence-corrected chi connectivity index (χ4v) is 1.93. The number of piperidine rings is 1. The average Bonchev–Trinajstić information content (AvgIpc) is 2.42. The number of amides is 1. The van der Waals surface area contributed by atoms with Gasteiger partial charge in [-0.3, -0.25) is 0 Å². The zero-order chi connectivity index (χ0) is 13.7. The molecule has 1 saturated heterocycles. The fourth-order valence-electron chi connectivity index (χ4n) is 1.93. The van der Waals surface area contributed by atoms with Crippen LogP contribution in [0, 0.1) is 5.82 Å². The molecular formula is C12H16FN3O3. The molecule has 1 aliphatic heterocycles. The van der Waals surface area contributed by atoms with Gasteiger partial charge in [0.25, 0.3) is 0 Å². The van der Waals surface area contributed by atoms with Crippen LogP contribution in [0.5, 0.6) is 6.01 Å². The first-order valence-electron chi connectivity index (χ1n) is 6.25. The van der Waals surface area contributed by atoms with E-state index in [9.17, 15) is 9.18 Å². The lowest BCUT2D eigenvalue weighted by molar-refractivity contribution is 0.0574. The first-order chi connectivity index (χ1) is 9.19. The largest absolute Gasteiger partial charge is 0.458 e. The van der Waals surface area contributed by atoms with Crippen LogP contribution >= 0.6 is 0 Å². The number of carbonyl (C=O) groups is 1. The summed E-state index contributed by atoms with van der Waals surface area (Å²) in [6, 6.07) is 0.122. The fraction of sp³-hybridized carbons (Fsp3) is 0.583. The number of nitrogens with zero attached hydrogens (tertiary/aromatic N) is 3. The molecule has 0 aliphatic carbocycles. The molecule has 2 rings (SSSR count). The molecule has 19 heavy (non-hydrogen) atoms. The van der Waals surface area contributed by atoms with Crippen LogP contribution in [0.4, 0.5) is 9.18 Å². The summed E-state index contributed by atoms with van der Waals surface area (Å²) in [5.41, 5.74) is 0. The molecule has 1 atom stereocenters. The Kier molecular flexibility index (Phi) is 4.48. The molecule has 1 unspecified atom stereocenters. The second-order valence-corrected chi connectivity index (χ2v) is 4.21. The molecule has 0 spiro atoms. The SMILES string of the molecule is CCOC(=O)N1CCCC(Oc2ncc(F)cn2)C1. The van der Waals surface area contributed by atoms with Crippen molar-refractivity contribution in [2.24, 2.45) is 0 Å². The van der Waals surface area contributed by atoms with Crippen LogP contribution in [0.3, 0.4) is 0 Å². The van der Waals surface area contributed by atoms with E-state index < -0.39 is 5.82 Å². The van der Waals surface area contributed by atoms with Crippen molar-refractivity contribution in [3.05, 3.63) is 18.2 Å². The van der Waals surface area contributed by atoms with Gasteiger partial charge < -0.3 is 14.4 Å². The summed E-state index contributed by atoms with van der Waals surface area (Å²) in [5, 5.41) is 0. The van der Waals surface area contributed by atoms with E-state index >= 15 is 0 Å². The van der Waals surface area contributed by atoms with E-state index in [-0.39, 0.29) is 18.2 Å². The highest BCUT2D eigenvalue weighted by Gasteiger charge is 2.26. The number of hydrogen-bond donors (Lipinski definition) is 0. The Bertz CT molecular complexity index is 427. The van der Waals surface area contributed by atoms with E-state index in [1.165, 1.54) is 0 Å². The number of hydrogen-bond acceptors (Lipinski definition) is 5. The number of halogens is 1. The lowest BCUT2D eigenvalue weighted by Gasteiger charge is -2.31. The molecule has 0 bridgehead atoms. The third-order valence-corrected chi connectivity index (χ3v) is 2.77. The molecule has 2 heterocycles. The highest BCUT2D eigenvalue weighted by atomic mass is 19.1. The van der Waals surface area contributed by atoms with Crippen LogP contribution in [0.25, 0.3) is 0 Å². The normalized spacial score (nSPS) is 19.1. The van der Waals surface area contributed by atoms with Gasteiger partial charge in [-0.05, 0) is 19.8 Å².